The van der Waals surface area contributed by atoms with Crippen LogP contribution in [0.3, 0.4) is 0 Å². The van der Waals surface area contributed by atoms with Crippen LogP contribution in [0, 0.1) is 0 Å². The molecule has 0 radical (unpaired) electrons. The van der Waals surface area contributed by atoms with Gasteiger partial charge in [-0.3, -0.25) is 13.8 Å². The molecule has 2 amide bonds. The third-order valence-corrected chi connectivity index (χ3v) is 7.20. The largest absolute Gasteiger partial charge is 0.384 e. The van der Waals surface area contributed by atoms with E-state index in [0.29, 0.717) is 5.01 Å². The van der Waals surface area contributed by atoms with Crippen molar-refractivity contribution in [3.63, 3.8) is 0 Å². The summed E-state index contributed by atoms with van der Waals surface area (Å²) >= 11 is 4.74. The molecule has 2 N–H and O–H groups in total. The number of ether oxygens (including phenoxy) is 1. The van der Waals surface area contributed by atoms with Gasteiger partial charge < -0.3 is 15.4 Å². The van der Waals surface area contributed by atoms with E-state index in [9.17, 15) is 13.8 Å². The zero-order valence-electron chi connectivity index (χ0n) is 14.7. The standard InChI is InChI=1S/C17H20BrN3O4S2/c1-25-6-7-27(24)15(16(23)19-9-14(22)20-11-3-4-11)17-21-12-5-2-10(18)8-13(12)26-17/h2,5,8,11,15H,3-4,6-7,9H2,1H3,(H,19,23)(H,20,22). The number of methoxy groups -OCH3 is 1. The maximum atomic E-state index is 12.7. The topological polar surface area (TPSA) is 97.4 Å². The number of nitrogens with one attached hydrogen (secondary N) is 2. The summed E-state index contributed by atoms with van der Waals surface area (Å²) in [6.07, 6.45) is 1.95. The van der Waals surface area contributed by atoms with Gasteiger partial charge in [-0.2, -0.15) is 0 Å². The zero-order valence-corrected chi connectivity index (χ0v) is 17.9. The summed E-state index contributed by atoms with van der Waals surface area (Å²) in [4.78, 5) is 29.1. The van der Waals surface area contributed by atoms with Crippen LogP contribution in [-0.4, -0.2) is 53.1 Å². The van der Waals surface area contributed by atoms with E-state index in [4.69, 9.17) is 4.74 Å². The summed E-state index contributed by atoms with van der Waals surface area (Å²) < 4.78 is 19.5. The smallest absolute Gasteiger partial charge is 0.243 e. The van der Waals surface area contributed by atoms with Gasteiger partial charge in [-0.05, 0) is 31.0 Å². The Morgan fingerprint density at radius 1 is 1.44 bits per heavy atom. The van der Waals surface area contributed by atoms with Gasteiger partial charge in [0.2, 0.25) is 11.8 Å². The molecule has 2 atom stereocenters. The van der Waals surface area contributed by atoms with Crippen LogP contribution < -0.4 is 10.6 Å². The Balaban J connectivity index is 1.77. The highest BCUT2D eigenvalue weighted by Crippen LogP contribution is 2.31. The van der Waals surface area contributed by atoms with E-state index >= 15 is 0 Å². The van der Waals surface area contributed by atoms with E-state index in [1.807, 2.05) is 18.2 Å². The number of rotatable bonds is 9. The molecular formula is C17H20BrN3O4S2. The summed E-state index contributed by atoms with van der Waals surface area (Å²) in [5, 5.41) is 4.94. The van der Waals surface area contributed by atoms with Crippen LogP contribution in [0.15, 0.2) is 22.7 Å². The molecule has 1 aromatic heterocycles. The van der Waals surface area contributed by atoms with Crippen LogP contribution >= 0.6 is 27.3 Å². The van der Waals surface area contributed by atoms with Gasteiger partial charge in [-0.1, -0.05) is 15.9 Å². The minimum Gasteiger partial charge on any atom is -0.384 e. The quantitative estimate of drug-likeness (QED) is 0.579. The number of aromatic nitrogens is 1. The molecule has 0 spiro atoms. The van der Waals surface area contributed by atoms with Crippen LogP contribution in [-0.2, 0) is 25.1 Å². The van der Waals surface area contributed by atoms with Gasteiger partial charge in [0.1, 0.15) is 5.01 Å². The number of carbonyl (C=O) groups is 2. The number of fused-ring (bicyclic) bond motifs is 1. The number of hydrogen-bond donors (Lipinski definition) is 2. The molecule has 27 heavy (non-hydrogen) atoms. The molecular weight excluding hydrogens is 454 g/mol. The van der Waals surface area contributed by atoms with E-state index in [0.717, 1.165) is 27.5 Å². The van der Waals surface area contributed by atoms with Crippen molar-refractivity contribution in [2.24, 2.45) is 0 Å². The van der Waals surface area contributed by atoms with E-state index in [2.05, 4.69) is 31.5 Å². The Bertz CT molecular complexity index is 869. The lowest BCUT2D eigenvalue weighted by Crippen LogP contribution is -2.40. The Hall–Kier alpha value is -1.36. The highest BCUT2D eigenvalue weighted by molar-refractivity contribution is 9.10. The average molecular weight is 474 g/mol. The third-order valence-electron chi connectivity index (χ3n) is 3.95. The SMILES string of the molecule is COCCS(=O)C(C(=O)NCC(=O)NC1CC1)c1nc2ccc(Br)cc2s1. The first-order valence-electron chi connectivity index (χ1n) is 8.47. The average Bonchev–Trinajstić information content (AvgIpc) is 3.35. The first-order valence-corrected chi connectivity index (χ1v) is 11.5. The molecule has 7 nitrogen and oxygen atoms in total. The summed E-state index contributed by atoms with van der Waals surface area (Å²) in [7, 11) is 0.00112. The molecule has 3 rings (SSSR count). The lowest BCUT2D eigenvalue weighted by Gasteiger charge is -2.14. The number of carbonyl (C=O) groups excluding carboxylic acids is 2. The molecule has 10 heteroatoms. The van der Waals surface area contributed by atoms with Crippen molar-refractivity contribution in [1.82, 2.24) is 15.6 Å². The summed E-state index contributed by atoms with van der Waals surface area (Å²) in [6.45, 7) is 0.138. The number of nitrogens with zero attached hydrogens (tertiary/aromatic N) is 1. The predicted molar refractivity (Wildman–Crippen MR) is 109 cm³/mol. The lowest BCUT2D eigenvalue weighted by atomic mass is 10.3. The normalized spacial score (nSPS) is 16.1. The molecule has 1 aliphatic rings. The maximum absolute atomic E-state index is 12.7. The van der Waals surface area contributed by atoms with Gasteiger partial charge in [-0.25, -0.2) is 4.98 Å². The van der Waals surface area contributed by atoms with Crippen LogP contribution in [0.1, 0.15) is 23.1 Å². The van der Waals surface area contributed by atoms with E-state index in [-0.39, 0.29) is 30.9 Å². The van der Waals surface area contributed by atoms with Gasteiger partial charge in [-0.15, -0.1) is 11.3 Å². The Labute approximate surface area is 171 Å². The Kier molecular flexibility index (Phi) is 6.96. The molecule has 2 aromatic rings. The molecule has 1 fully saturated rings. The van der Waals surface area contributed by atoms with Crippen molar-refractivity contribution >= 4 is 60.1 Å². The van der Waals surface area contributed by atoms with Crippen LogP contribution in [0.2, 0.25) is 0 Å². The molecule has 0 aliphatic heterocycles. The van der Waals surface area contributed by atoms with E-state index in [1.165, 1.54) is 18.4 Å². The van der Waals surface area contributed by atoms with Crippen molar-refractivity contribution in [1.29, 1.82) is 0 Å². The highest BCUT2D eigenvalue weighted by atomic mass is 79.9. The molecule has 2 unspecified atom stereocenters. The second-order valence-corrected chi connectivity index (χ2v) is 9.80. The van der Waals surface area contributed by atoms with Gasteiger partial charge in [0, 0.05) is 34.2 Å². The summed E-state index contributed by atoms with van der Waals surface area (Å²) in [5.74, 6) is -0.489. The molecule has 1 aromatic carbocycles. The van der Waals surface area contributed by atoms with Gasteiger partial charge in [0.05, 0.1) is 23.4 Å². The fourth-order valence-electron chi connectivity index (χ4n) is 2.42. The fourth-order valence-corrected chi connectivity index (χ4v) is 5.55. The molecule has 0 saturated heterocycles. The molecule has 1 saturated carbocycles. The van der Waals surface area contributed by atoms with Crippen LogP contribution in [0.25, 0.3) is 10.2 Å². The number of thiazole rings is 1. The summed E-state index contributed by atoms with van der Waals surface area (Å²) in [5.41, 5.74) is 0.742. The number of benzene rings is 1. The summed E-state index contributed by atoms with van der Waals surface area (Å²) in [6, 6.07) is 5.84. The predicted octanol–water partition coefficient (Wildman–Crippen LogP) is 1.89. The zero-order chi connectivity index (χ0) is 19.4. The Morgan fingerprint density at radius 2 is 2.22 bits per heavy atom. The molecule has 1 aliphatic carbocycles. The first-order chi connectivity index (χ1) is 13.0. The first kappa shape index (κ1) is 20.4. The number of amides is 2. The van der Waals surface area contributed by atoms with Crippen LogP contribution in [0.5, 0.6) is 0 Å². The molecule has 1 heterocycles. The lowest BCUT2D eigenvalue weighted by molar-refractivity contribution is -0.126. The van der Waals surface area contributed by atoms with E-state index in [1.54, 1.807) is 0 Å². The molecule has 146 valence electrons. The van der Waals surface area contributed by atoms with Crippen molar-refractivity contribution < 1.29 is 18.5 Å². The number of hydrogen-bond acceptors (Lipinski definition) is 6. The second kappa shape index (κ2) is 9.22. The fraction of sp³-hybridized carbons (Fsp3) is 0.471. The molecule has 0 bridgehead atoms. The second-order valence-electron chi connectivity index (χ2n) is 6.18. The van der Waals surface area contributed by atoms with Crippen molar-refractivity contribution in [3.8, 4) is 0 Å². The Morgan fingerprint density at radius 3 is 2.93 bits per heavy atom. The maximum Gasteiger partial charge on any atom is 0.243 e. The monoisotopic (exact) mass is 473 g/mol. The minimum absolute atomic E-state index is 0.135. The third kappa shape index (κ3) is 5.56. The minimum atomic E-state index is -1.52. The van der Waals surface area contributed by atoms with Gasteiger partial charge >= 0.3 is 0 Å². The van der Waals surface area contributed by atoms with Gasteiger partial charge in [0.25, 0.3) is 0 Å². The van der Waals surface area contributed by atoms with Crippen molar-refractivity contribution in [3.05, 3.63) is 27.7 Å². The van der Waals surface area contributed by atoms with Crippen molar-refractivity contribution in [2.45, 2.75) is 24.1 Å². The van der Waals surface area contributed by atoms with Gasteiger partial charge in [0.15, 0.2) is 5.25 Å². The number of halogens is 1. The highest BCUT2D eigenvalue weighted by Gasteiger charge is 2.31. The van der Waals surface area contributed by atoms with Crippen molar-refractivity contribution in [2.75, 3.05) is 26.0 Å². The van der Waals surface area contributed by atoms with Crippen LogP contribution in [0.4, 0.5) is 0 Å². The van der Waals surface area contributed by atoms with E-state index < -0.39 is 22.0 Å².